The number of sulfonamides is 1. The van der Waals surface area contributed by atoms with Crippen molar-refractivity contribution in [1.82, 2.24) is 14.1 Å². The van der Waals surface area contributed by atoms with E-state index in [4.69, 9.17) is 10.5 Å². The fourth-order valence-electron chi connectivity index (χ4n) is 2.54. The highest BCUT2D eigenvalue weighted by molar-refractivity contribution is 7.89. The van der Waals surface area contributed by atoms with Crippen molar-refractivity contribution in [2.75, 3.05) is 33.4 Å². The molecule has 1 fully saturated rings. The molecule has 0 spiro atoms. The summed E-state index contributed by atoms with van der Waals surface area (Å²) >= 11 is 0. The van der Waals surface area contributed by atoms with Crippen molar-refractivity contribution in [2.24, 2.45) is 11.1 Å². The minimum Gasteiger partial charge on any atom is -0.381 e. The zero-order valence-electron chi connectivity index (χ0n) is 13.5. The molecule has 1 aliphatic rings. The molecule has 2 rings (SSSR count). The van der Waals surface area contributed by atoms with Gasteiger partial charge in [-0.3, -0.25) is 4.68 Å². The van der Waals surface area contributed by atoms with Crippen LogP contribution in [-0.2, 0) is 14.8 Å². The molecule has 1 aromatic rings. The summed E-state index contributed by atoms with van der Waals surface area (Å²) in [6.07, 6.45) is 4.77. The van der Waals surface area contributed by atoms with Gasteiger partial charge in [-0.1, -0.05) is 13.8 Å². The van der Waals surface area contributed by atoms with E-state index in [1.165, 1.54) is 10.5 Å². The third kappa shape index (κ3) is 3.87. The Balaban J connectivity index is 2.14. The summed E-state index contributed by atoms with van der Waals surface area (Å²) in [6, 6.07) is 0.212. The van der Waals surface area contributed by atoms with E-state index in [-0.39, 0.29) is 16.4 Å². The number of nitrogens with zero attached hydrogens (tertiary/aromatic N) is 3. The lowest BCUT2D eigenvalue weighted by Crippen LogP contribution is -2.39. The molecular formula is C14H26N4O3S. The smallest absolute Gasteiger partial charge is 0.245 e. The van der Waals surface area contributed by atoms with Crippen LogP contribution in [0.25, 0.3) is 0 Å². The molecular weight excluding hydrogens is 304 g/mol. The van der Waals surface area contributed by atoms with E-state index >= 15 is 0 Å². The Hall–Kier alpha value is -0.960. The lowest BCUT2D eigenvalue weighted by molar-refractivity contribution is 0.0662. The molecule has 0 saturated carbocycles. The molecule has 1 saturated heterocycles. The summed E-state index contributed by atoms with van der Waals surface area (Å²) in [5.74, 6) is 0. The standard InChI is InChI=1S/C14H26N4O3S/c1-14(2,10-15)11-17(3)22(19,20)13-8-16-18(9-13)12-4-6-21-7-5-12/h8-9,12H,4-7,10-11,15H2,1-3H3. The SMILES string of the molecule is CN(CC(C)(C)CN)S(=O)(=O)c1cnn(C2CCOCC2)c1. The van der Waals surface area contributed by atoms with Crippen LogP contribution >= 0.6 is 0 Å². The predicted octanol–water partition coefficient (Wildman–Crippen LogP) is 0.840. The maximum Gasteiger partial charge on any atom is 0.245 e. The molecule has 0 atom stereocenters. The van der Waals surface area contributed by atoms with E-state index in [0.717, 1.165) is 12.8 Å². The third-order valence-electron chi connectivity index (χ3n) is 4.05. The zero-order valence-corrected chi connectivity index (χ0v) is 14.3. The Morgan fingerprint density at radius 1 is 1.45 bits per heavy atom. The lowest BCUT2D eigenvalue weighted by Gasteiger charge is -2.28. The summed E-state index contributed by atoms with van der Waals surface area (Å²) < 4.78 is 33.7. The Kier molecular flexibility index (Phi) is 5.26. The first-order valence-electron chi connectivity index (χ1n) is 7.54. The molecule has 1 aromatic heterocycles. The van der Waals surface area contributed by atoms with Crippen LogP contribution in [0.2, 0.25) is 0 Å². The van der Waals surface area contributed by atoms with Gasteiger partial charge in [-0.15, -0.1) is 0 Å². The second-order valence-corrected chi connectivity index (χ2v) is 8.67. The van der Waals surface area contributed by atoms with Crippen LogP contribution in [0.4, 0.5) is 0 Å². The van der Waals surface area contributed by atoms with Crippen LogP contribution in [-0.4, -0.2) is 55.9 Å². The second kappa shape index (κ2) is 6.66. The third-order valence-corrected chi connectivity index (χ3v) is 5.81. The van der Waals surface area contributed by atoms with Gasteiger partial charge in [0, 0.05) is 33.0 Å². The van der Waals surface area contributed by atoms with E-state index in [9.17, 15) is 8.42 Å². The van der Waals surface area contributed by atoms with Gasteiger partial charge in [0.1, 0.15) is 4.90 Å². The highest BCUT2D eigenvalue weighted by Crippen LogP contribution is 2.24. The molecule has 0 radical (unpaired) electrons. The van der Waals surface area contributed by atoms with Crippen LogP contribution < -0.4 is 5.73 Å². The molecule has 0 aromatic carbocycles. The number of nitrogens with two attached hydrogens (primary N) is 1. The largest absolute Gasteiger partial charge is 0.381 e. The van der Waals surface area contributed by atoms with Crippen molar-refractivity contribution < 1.29 is 13.2 Å². The minimum atomic E-state index is -3.54. The van der Waals surface area contributed by atoms with Gasteiger partial charge >= 0.3 is 0 Å². The molecule has 2 N–H and O–H groups in total. The first kappa shape index (κ1) is 17.4. The van der Waals surface area contributed by atoms with Crippen LogP contribution in [0, 0.1) is 5.41 Å². The van der Waals surface area contributed by atoms with Gasteiger partial charge in [0.2, 0.25) is 10.0 Å². The Bertz CT molecular complexity index is 591. The molecule has 0 unspecified atom stereocenters. The van der Waals surface area contributed by atoms with Gasteiger partial charge in [0.15, 0.2) is 0 Å². The van der Waals surface area contributed by atoms with Crippen LogP contribution in [0.1, 0.15) is 32.7 Å². The van der Waals surface area contributed by atoms with E-state index < -0.39 is 10.0 Å². The molecule has 7 nitrogen and oxygen atoms in total. The molecule has 0 bridgehead atoms. The number of hydrogen-bond donors (Lipinski definition) is 1. The maximum atomic E-state index is 12.6. The van der Waals surface area contributed by atoms with Crippen LogP contribution in [0.15, 0.2) is 17.3 Å². The van der Waals surface area contributed by atoms with E-state index in [2.05, 4.69) is 5.10 Å². The van der Waals surface area contributed by atoms with Gasteiger partial charge in [0.25, 0.3) is 0 Å². The van der Waals surface area contributed by atoms with Crippen molar-refractivity contribution in [1.29, 1.82) is 0 Å². The first-order valence-corrected chi connectivity index (χ1v) is 8.98. The molecule has 0 amide bonds. The highest BCUT2D eigenvalue weighted by Gasteiger charge is 2.29. The molecule has 0 aliphatic carbocycles. The maximum absolute atomic E-state index is 12.6. The van der Waals surface area contributed by atoms with Crippen LogP contribution in [0.5, 0.6) is 0 Å². The molecule has 2 heterocycles. The molecule has 22 heavy (non-hydrogen) atoms. The number of hydrogen-bond acceptors (Lipinski definition) is 5. The number of rotatable bonds is 6. The van der Waals surface area contributed by atoms with Crippen molar-refractivity contribution in [3.05, 3.63) is 12.4 Å². The second-order valence-electron chi connectivity index (χ2n) is 6.63. The monoisotopic (exact) mass is 330 g/mol. The number of aromatic nitrogens is 2. The zero-order chi connectivity index (χ0) is 16.4. The summed E-state index contributed by atoms with van der Waals surface area (Å²) in [5, 5.41) is 4.24. The average Bonchev–Trinajstić information content (AvgIpc) is 2.98. The average molecular weight is 330 g/mol. The van der Waals surface area contributed by atoms with E-state index in [1.807, 2.05) is 13.8 Å². The van der Waals surface area contributed by atoms with E-state index in [1.54, 1.807) is 17.9 Å². The fourth-order valence-corrected chi connectivity index (χ4v) is 3.84. The van der Waals surface area contributed by atoms with Gasteiger partial charge in [-0.2, -0.15) is 5.10 Å². The summed E-state index contributed by atoms with van der Waals surface area (Å²) in [7, 11) is -1.96. The lowest BCUT2D eigenvalue weighted by atomic mass is 9.94. The number of ether oxygens (including phenoxy) is 1. The molecule has 8 heteroatoms. The minimum absolute atomic E-state index is 0.212. The van der Waals surface area contributed by atoms with E-state index in [0.29, 0.717) is 26.3 Å². The summed E-state index contributed by atoms with van der Waals surface area (Å²) in [5.41, 5.74) is 5.42. The van der Waals surface area contributed by atoms with Crippen molar-refractivity contribution in [3.63, 3.8) is 0 Å². The quantitative estimate of drug-likeness (QED) is 0.835. The van der Waals surface area contributed by atoms with Gasteiger partial charge < -0.3 is 10.5 Å². The Morgan fingerprint density at radius 2 is 2.09 bits per heavy atom. The van der Waals surface area contributed by atoms with Crippen molar-refractivity contribution in [3.8, 4) is 0 Å². The molecule has 126 valence electrons. The normalized spacial score (nSPS) is 18.0. The van der Waals surface area contributed by atoms with Gasteiger partial charge in [-0.25, -0.2) is 12.7 Å². The Labute approximate surface area is 132 Å². The van der Waals surface area contributed by atoms with Crippen molar-refractivity contribution >= 4 is 10.0 Å². The predicted molar refractivity (Wildman–Crippen MR) is 84.0 cm³/mol. The van der Waals surface area contributed by atoms with Gasteiger partial charge in [-0.05, 0) is 24.8 Å². The van der Waals surface area contributed by atoms with Gasteiger partial charge in [0.05, 0.1) is 12.2 Å². The highest BCUT2D eigenvalue weighted by atomic mass is 32.2. The molecule has 1 aliphatic heterocycles. The topological polar surface area (TPSA) is 90.5 Å². The summed E-state index contributed by atoms with van der Waals surface area (Å²) in [6.45, 7) is 6.08. The van der Waals surface area contributed by atoms with Crippen LogP contribution in [0.3, 0.4) is 0 Å². The first-order chi connectivity index (χ1) is 10.3. The Morgan fingerprint density at radius 3 is 2.68 bits per heavy atom. The summed E-state index contributed by atoms with van der Waals surface area (Å²) in [4.78, 5) is 0.231. The van der Waals surface area contributed by atoms with Crippen molar-refractivity contribution in [2.45, 2.75) is 37.6 Å². The fraction of sp³-hybridized carbons (Fsp3) is 0.786.